The van der Waals surface area contributed by atoms with Crippen molar-refractivity contribution in [1.82, 2.24) is 29.4 Å². The number of ether oxygens (including phenoxy) is 3. The molecule has 3 aliphatic rings. The first kappa shape index (κ1) is 29.2. The Morgan fingerprint density at radius 2 is 1.96 bits per heavy atom. The van der Waals surface area contributed by atoms with Gasteiger partial charge in [-0.15, -0.1) is 11.3 Å². The number of carbonyl (C=O) groups is 1. The van der Waals surface area contributed by atoms with Gasteiger partial charge in [0.05, 0.1) is 29.7 Å². The molecule has 11 nitrogen and oxygen atoms in total. The van der Waals surface area contributed by atoms with Crippen LogP contribution in [0, 0.1) is 0 Å². The van der Waals surface area contributed by atoms with Crippen molar-refractivity contribution in [3.63, 3.8) is 0 Å². The second-order valence-electron chi connectivity index (χ2n) is 12.1. The lowest BCUT2D eigenvalue weighted by Gasteiger charge is -2.32. The van der Waals surface area contributed by atoms with Gasteiger partial charge in [0, 0.05) is 35.8 Å². The van der Waals surface area contributed by atoms with Crippen LogP contribution in [0.2, 0.25) is 5.02 Å². The number of halogens is 1. The standard InChI is InChI=1S/C33H31ClN6O5S/c1-33(27-8-5-20(34)14-36-27)44-25-4-2-3-23(30(25)45-33)19-9-11-39(12-10-19)17-28-38-29-26(43-21-6-7-21)13-24(32(41)42)37-31(29)40(28)16-22-15-35-18-46-22/h2-5,8,13-15,18-19,21H,6-7,9-12,16-17H2,1H3,(H,41,42)/t33-/m0/s1. The predicted octanol–water partition coefficient (Wildman–Crippen LogP) is 6.25. The quantitative estimate of drug-likeness (QED) is 0.194. The van der Waals surface area contributed by atoms with Crippen LogP contribution >= 0.6 is 22.9 Å². The Hall–Kier alpha value is -4.26. The number of hydrogen-bond acceptors (Lipinski definition) is 10. The third kappa shape index (κ3) is 5.54. The normalized spacial score (nSPS) is 20.0. The van der Waals surface area contributed by atoms with Gasteiger partial charge in [-0.05, 0) is 62.9 Å². The highest BCUT2D eigenvalue weighted by molar-refractivity contribution is 7.09. The van der Waals surface area contributed by atoms with Crippen molar-refractivity contribution in [3.05, 3.63) is 87.0 Å². The second kappa shape index (κ2) is 11.5. The first-order valence-electron chi connectivity index (χ1n) is 15.4. The minimum Gasteiger partial charge on any atom is -0.488 e. The zero-order valence-electron chi connectivity index (χ0n) is 25.1. The third-order valence-electron chi connectivity index (χ3n) is 8.78. The predicted molar refractivity (Wildman–Crippen MR) is 171 cm³/mol. The summed E-state index contributed by atoms with van der Waals surface area (Å²) in [4.78, 5) is 33.7. The first-order chi connectivity index (χ1) is 22.3. The van der Waals surface area contributed by atoms with Gasteiger partial charge < -0.3 is 23.9 Å². The first-order valence-corrected chi connectivity index (χ1v) is 16.6. The van der Waals surface area contributed by atoms with Crippen molar-refractivity contribution < 1.29 is 24.1 Å². The van der Waals surface area contributed by atoms with Crippen LogP contribution in [-0.4, -0.2) is 59.7 Å². The molecule has 0 radical (unpaired) electrons. The number of piperidine rings is 1. The Morgan fingerprint density at radius 3 is 2.67 bits per heavy atom. The Labute approximate surface area is 273 Å². The fourth-order valence-electron chi connectivity index (χ4n) is 6.26. The molecule has 6 heterocycles. The van der Waals surface area contributed by atoms with Crippen molar-refractivity contribution in [2.75, 3.05) is 13.1 Å². The average Bonchev–Trinajstić information content (AvgIpc) is 3.41. The molecule has 0 amide bonds. The molecule has 1 saturated carbocycles. The Bertz CT molecular complexity index is 1920. The van der Waals surface area contributed by atoms with Crippen molar-refractivity contribution >= 4 is 40.1 Å². The molecular formula is C33H31ClN6O5S. The molecule has 1 saturated heterocycles. The van der Waals surface area contributed by atoms with Crippen LogP contribution in [0.1, 0.15) is 71.0 Å². The summed E-state index contributed by atoms with van der Waals surface area (Å²) in [6.45, 7) is 4.69. The molecule has 2 fully saturated rings. The zero-order valence-corrected chi connectivity index (χ0v) is 26.6. The molecule has 0 unspecified atom stereocenters. The summed E-state index contributed by atoms with van der Waals surface area (Å²) in [6.07, 6.45) is 7.29. The number of carboxylic acids is 1. The zero-order chi connectivity index (χ0) is 31.4. The smallest absolute Gasteiger partial charge is 0.354 e. The molecule has 4 aromatic heterocycles. The highest BCUT2D eigenvalue weighted by Gasteiger charge is 2.42. The summed E-state index contributed by atoms with van der Waals surface area (Å²) in [5.74, 6) is 0.962. The van der Waals surface area contributed by atoms with Gasteiger partial charge in [-0.2, -0.15) is 0 Å². The van der Waals surface area contributed by atoms with E-state index in [0.717, 1.165) is 60.8 Å². The Morgan fingerprint density at radius 1 is 1.11 bits per heavy atom. The van der Waals surface area contributed by atoms with Gasteiger partial charge in [-0.1, -0.05) is 23.7 Å². The molecule has 13 heteroatoms. The highest BCUT2D eigenvalue weighted by Crippen LogP contribution is 2.49. The maximum Gasteiger partial charge on any atom is 0.354 e. The van der Waals surface area contributed by atoms with Crippen LogP contribution in [0.25, 0.3) is 11.2 Å². The van der Waals surface area contributed by atoms with Gasteiger partial charge in [-0.25, -0.2) is 14.8 Å². The SMILES string of the molecule is C[C@]1(c2ccc(Cl)cn2)Oc2cccc(C3CCN(Cc4nc5c(OC6CC6)cc(C(=O)O)nc5n4Cc4cncs4)CC3)c2O1. The topological polar surface area (TPSA) is 125 Å². The van der Waals surface area contributed by atoms with E-state index in [1.165, 1.54) is 6.07 Å². The number of thiazole rings is 1. The van der Waals surface area contributed by atoms with E-state index in [-0.39, 0.29) is 11.8 Å². The number of aromatic nitrogens is 5. The lowest BCUT2D eigenvalue weighted by atomic mass is 9.88. The van der Waals surface area contributed by atoms with Crippen LogP contribution in [0.3, 0.4) is 0 Å². The molecule has 8 rings (SSSR count). The molecule has 1 atom stereocenters. The van der Waals surface area contributed by atoms with E-state index in [1.807, 2.05) is 35.9 Å². The van der Waals surface area contributed by atoms with Crippen LogP contribution < -0.4 is 14.2 Å². The van der Waals surface area contributed by atoms with Crippen molar-refractivity contribution in [1.29, 1.82) is 0 Å². The van der Waals surface area contributed by atoms with Gasteiger partial charge in [0.2, 0.25) is 0 Å². The number of para-hydroxylation sites is 1. The number of aromatic carboxylic acids is 1. The number of likely N-dealkylation sites (tertiary alicyclic amines) is 1. The number of nitrogens with zero attached hydrogens (tertiary/aromatic N) is 6. The minimum atomic E-state index is -1.09. The number of imidazole rings is 1. The summed E-state index contributed by atoms with van der Waals surface area (Å²) in [5.41, 5.74) is 4.65. The van der Waals surface area contributed by atoms with Crippen LogP contribution in [0.4, 0.5) is 0 Å². The summed E-state index contributed by atoms with van der Waals surface area (Å²) in [5, 5.41) is 10.4. The average molecular weight is 659 g/mol. The molecule has 5 aromatic rings. The molecule has 0 bridgehead atoms. The maximum atomic E-state index is 12.0. The molecule has 2 aliphatic heterocycles. The lowest BCUT2D eigenvalue weighted by Crippen LogP contribution is -2.34. The number of carboxylic acid groups (broad SMARTS) is 1. The largest absolute Gasteiger partial charge is 0.488 e. The van der Waals surface area contributed by atoms with E-state index in [9.17, 15) is 9.90 Å². The highest BCUT2D eigenvalue weighted by atomic mass is 35.5. The van der Waals surface area contributed by atoms with E-state index >= 15 is 0 Å². The van der Waals surface area contributed by atoms with Crippen LogP contribution in [-0.2, 0) is 18.9 Å². The van der Waals surface area contributed by atoms with E-state index < -0.39 is 11.8 Å². The van der Waals surface area contributed by atoms with Gasteiger partial charge in [-0.3, -0.25) is 14.9 Å². The van der Waals surface area contributed by atoms with E-state index in [1.54, 1.807) is 29.1 Å². The number of rotatable bonds is 9. The number of pyridine rings is 2. The summed E-state index contributed by atoms with van der Waals surface area (Å²) < 4.78 is 20.9. The third-order valence-corrected chi connectivity index (χ3v) is 9.77. The molecule has 0 spiro atoms. The molecular weight excluding hydrogens is 628 g/mol. The Balaban J connectivity index is 1.04. The van der Waals surface area contributed by atoms with Crippen molar-refractivity contribution in [2.45, 2.75) is 63.5 Å². The maximum absolute atomic E-state index is 12.0. The van der Waals surface area contributed by atoms with E-state index in [2.05, 4.69) is 25.9 Å². The number of benzene rings is 1. The fraction of sp³-hybridized carbons (Fsp3) is 0.364. The number of hydrogen-bond donors (Lipinski definition) is 1. The van der Waals surface area contributed by atoms with Gasteiger partial charge in [0.15, 0.2) is 34.1 Å². The molecule has 236 valence electrons. The molecule has 1 aliphatic carbocycles. The second-order valence-corrected chi connectivity index (χ2v) is 13.5. The monoisotopic (exact) mass is 658 g/mol. The molecule has 1 aromatic carbocycles. The van der Waals surface area contributed by atoms with Crippen LogP contribution in [0.15, 0.2) is 54.3 Å². The molecule has 1 N–H and O–H groups in total. The fourth-order valence-corrected chi connectivity index (χ4v) is 6.95. The van der Waals surface area contributed by atoms with Crippen molar-refractivity contribution in [2.24, 2.45) is 0 Å². The minimum absolute atomic E-state index is 0.0505. The number of fused-ring (bicyclic) bond motifs is 2. The van der Waals surface area contributed by atoms with Crippen LogP contribution in [0.5, 0.6) is 17.2 Å². The van der Waals surface area contributed by atoms with Crippen molar-refractivity contribution in [3.8, 4) is 17.2 Å². The lowest BCUT2D eigenvalue weighted by molar-refractivity contribution is -0.0722. The van der Waals surface area contributed by atoms with Gasteiger partial charge in [0.25, 0.3) is 5.79 Å². The summed E-state index contributed by atoms with van der Waals surface area (Å²) >= 11 is 7.61. The van der Waals surface area contributed by atoms with E-state index in [0.29, 0.717) is 52.4 Å². The van der Waals surface area contributed by atoms with Gasteiger partial charge >= 0.3 is 5.97 Å². The summed E-state index contributed by atoms with van der Waals surface area (Å²) in [6, 6.07) is 11.2. The molecule has 46 heavy (non-hydrogen) atoms. The Kier molecular flexibility index (Phi) is 7.30. The van der Waals surface area contributed by atoms with Gasteiger partial charge in [0.1, 0.15) is 11.5 Å². The summed E-state index contributed by atoms with van der Waals surface area (Å²) in [7, 11) is 0. The van der Waals surface area contributed by atoms with E-state index in [4.69, 9.17) is 30.8 Å².